The van der Waals surface area contributed by atoms with Crippen LogP contribution in [-0.2, 0) is 6.42 Å². The van der Waals surface area contributed by atoms with E-state index in [4.69, 9.17) is 0 Å². The molecule has 0 atom stereocenters. The number of rotatable bonds is 0. The Morgan fingerprint density at radius 2 is 1.00 bits per heavy atom. The lowest BCUT2D eigenvalue weighted by atomic mass is 10.0. The third-order valence-electron chi connectivity index (χ3n) is 4.64. The summed E-state index contributed by atoms with van der Waals surface area (Å²) in [4.78, 5) is 0. The Morgan fingerprint density at radius 1 is 0.522 bits per heavy atom. The molecular formula is C21H16N2. The lowest BCUT2D eigenvalue weighted by molar-refractivity contribution is 1.03. The van der Waals surface area contributed by atoms with E-state index in [1.54, 1.807) is 0 Å². The van der Waals surface area contributed by atoms with Crippen molar-refractivity contribution >= 4 is 0 Å². The van der Waals surface area contributed by atoms with Crippen LogP contribution in [0.25, 0.3) is 22.8 Å². The highest BCUT2D eigenvalue weighted by atomic mass is 15.0. The fraction of sp³-hybridized carbons (Fsp3) is 0.0476. The van der Waals surface area contributed by atoms with Crippen molar-refractivity contribution in [3.05, 3.63) is 96.3 Å². The summed E-state index contributed by atoms with van der Waals surface area (Å²) in [6, 6.07) is 26.0. The van der Waals surface area contributed by atoms with E-state index in [2.05, 4.69) is 94.3 Å². The van der Waals surface area contributed by atoms with Crippen molar-refractivity contribution < 1.29 is 0 Å². The molecule has 0 spiro atoms. The van der Waals surface area contributed by atoms with Crippen molar-refractivity contribution in [3.63, 3.8) is 0 Å². The number of benzene rings is 2. The van der Waals surface area contributed by atoms with E-state index >= 15 is 0 Å². The largest absolute Gasteiger partial charge is 0.315 e. The Bertz CT molecular complexity index is 922. The van der Waals surface area contributed by atoms with Crippen molar-refractivity contribution in [2.24, 2.45) is 0 Å². The van der Waals surface area contributed by atoms with Crippen LogP contribution in [0.5, 0.6) is 0 Å². The Balaban J connectivity index is 1.92. The highest BCUT2D eigenvalue weighted by Gasteiger charge is 2.17. The Kier molecular flexibility index (Phi) is 2.59. The van der Waals surface area contributed by atoms with Gasteiger partial charge in [-0.2, -0.15) is 0 Å². The molecule has 4 aromatic rings. The Hall–Kier alpha value is -3.00. The van der Waals surface area contributed by atoms with Crippen LogP contribution in [0.3, 0.4) is 0 Å². The van der Waals surface area contributed by atoms with Gasteiger partial charge in [-0.25, -0.2) is 0 Å². The lowest BCUT2D eigenvalue weighted by Crippen LogP contribution is -2.00. The van der Waals surface area contributed by atoms with Gasteiger partial charge < -0.3 is 9.13 Å². The molecule has 0 radical (unpaired) electrons. The zero-order chi connectivity index (χ0) is 15.2. The maximum atomic E-state index is 2.30. The molecule has 0 fully saturated rings. The summed E-state index contributed by atoms with van der Waals surface area (Å²) < 4.78 is 4.60. The fourth-order valence-electron chi connectivity index (χ4n) is 3.60. The third-order valence-corrected chi connectivity index (χ3v) is 4.64. The molecule has 2 heteroatoms. The predicted octanol–water partition coefficient (Wildman–Crippen LogP) is 4.84. The standard InChI is InChI=1S/C21H16N2/c1-3-9-18-16(7-1)15-17-8-2-4-10-19(17)23-14-6-12-21(23)20-11-5-13-22(18)20/h1-14H,15H2. The van der Waals surface area contributed by atoms with Crippen LogP contribution in [0.1, 0.15) is 11.1 Å². The van der Waals surface area contributed by atoms with Crippen LogP contribution in [0.4, 0.5) is 0 Å². The van der Waals surface area contributed by atoms with E-state index in [-0.39, 0.29) is 0 Å². The van der Waals surface area contributed by atoms with Crippen molar-refractivity contribution in [1.29, 1.82) is 0 Å². The second kappa shape index (κ2) is 4.75. The van der Waals surface area contributed by atoms with Crippen LogP contribution in [0.15, 0.2) is 85.2 Å². The predicted molar refractivity (Wildman–Crippen MR) is 93.3 cm³/mol. The van der Waals surface area contributed by atoms with Gasteiger partial charge in [0.05, 0.1) is 11.4 Å². The second-order valence-electron chi connectivity index (χ2n) is 5.96. The van der Waals surface area contributed by atoms with Crippen molar-refractivity contribution in [2.45, 2.75) is 6.42 Å². The van der Waals surface area contributed by atoms with Crippen LogP contribution < -0.4 is 0 Å². The molecular weight excluding hydrogens is 280 g/mol. The minimum Gasteiger partial charge on any atom is -0.315 e. The summed E-state index contributed by atoms with van der Waals surface area (Å²) in [7, 11) is 0. The van der Waals surface area contributed by atoms with Gasteiger partial charge >= 0.3 is 0 Å². The van der Waals surface area contributed by atoms with Gasteiger partial charge in [0.15, 0.2) is 0 Å². The number of para-hydroxylation sites is 2. The van der Waals surface area contributed by atoms with Gasteiger partial charge in [0.1, 0.15) is 0 Å². The minimum atomic E-state index is 0.932. The first-order valence-electron chi connectivity index (χ1n) is 7.93. The number of nitrogens with zero attached hydrogens (tertiary/aromatic N) is 2. The molecule has 0 aliphatic carbocycles. The van der Waals surface area contributed by atoms with E-state index in [1.807, 2.05) is 0 Å². The number of hydrogen-bond acceptors (Lipinski definition) is 0. The molecule has 23 heavy (non-hydrogen) atoms. The Morgan fingerprint density at radius 3 is 1.52 bits per heavy atom. The summed E-state index contributed by atoms with van der Waals surface area (Å²) in [5.74, 6) is 0. The van der Waals surface area contributed by atoms with Gasteiger partial charge in [-0.3, -0.25) is 0 Å². The topological polar surface area (TPSA) is 9.86 Å². The monoisotopic (exact) mass is 296 g/mol. The molecule has 2 nitrogen and oxygen atoms in total. The molecule has 1 aliphatic rings. The zero-order valence-corrected chi connectivity index (χ0v) is 12.7. The molecule has 3 heterocycles. The average molecular weight is 296 g/mol. The fourth-order valence-corrected chi connectivity index (χ4v) is 3.60. The molecule has 2 aromatic heterocycles. The molecule has 2 aromatic carbocycles. The van der Waals surface area contributed by atoms with E-state index in [0.717, 1.165) is 6.42 Å². The van der Waals surface area contributed by atoms with Gasteiger partial charge in [0, 0.05) is 30.2 Å². The third kappa shape index (κ3) is 1.82. The molecule has 110 valence electrons. The smallest absolute Gasteiger partial charge is 0.0697 e. The second-order valence-corrected chi connectivity index (χ2v) is 5.96. The van der Waals surface area contributed by atoms with E-state index < -0.39 is 0 Å². The van der Waals surface area contributed by atoms with Gasteiger partial charge in [-0.15, -0.1) is 0 Å². The quantitative estimate of drug-likeness (QED) is 0.387. The zero-order valence-electron chi connectivity index (χ0n) is 12.7. The molecule has 0 unspecified atom stereocenters. The normalized spacial score (nSPS) is 12.2. The van der Waals surface area contributed by atoms with E-state index in [1.165, 1.54) is 33.9 Å². The molecule has 0 saturated carbocycles. The molecule has 0 saturated heterocycles. The lowest BCUT2D eigenvalue weighted by Gasteiger charge is -2.12. The van der Waals surface area contributed by atoms with Crippen molar-refractivity contribution in [1.82, 2.24) is 9.13 Å². The van der Waals surface area contributed by atoms with Gasteiger partial charge in [0.2, 0.25) is 0 Å². The summed E-state index contributed by atoms with van der Waals surface area (Å²) in [6.45, 7) is 0. The minimum absolute atomic E-state index is 0.932. The first kappa shape index (κ1) is 12.5. The summed E-state index contributed by atoms with van der Waals surface area (Å²) >= 11 is 0. The van der Waals surface area contributed by atoms with Crippen LogP contribution in [-0.4, -0.2) is 9.13 Å². The first-order chi connectivity index (χ1) is 11.4. The molecule has 0 N–H and O–H groups in total. The van der Waals surface area contributed by atoms with Gasteiger partial charge in [-0.05, 0) is 47.5 Å². The molecule has 5 rings (SSSR count). The van der Waals surface area contributed by atoms with Crippen LogP contribution in [0.2, 0.25) is 0 Å². The molecule has 0 amide bonds. The van der Waals surface area contributed by atoms with E-state index in [9.17, 15) is 0 Å². The highest BCUT2D eigenvalue weighted by molar-refractivity contribution is 5.66. The number of fused-ring (bicyclic) bond motifs is 7. The summed E-state index contributed by atoms with van der Waals surface area (Å²) in [5.41, 5.74) is 7.67. The summed E-state index contributed by atoms with van der Waals surface area (Å²) in [6.07, 6.45) is 5.24. The van der Waals surface area contributed by atoms with Crippen molar-refractivity contribution in [2.75, 3.05) is 0 Å². The Labute approximate surface area is 135 Å². The van der Waals surface area contributed by atoms with Gasteiger partial charge in [-0.1, -0.05) is 36.4 Å². The highest BCUT2D eigenvalue weighted by Crippen LogP contribution is 2.32. The van der Waals surface area contributed by atoms with Crippen molar-refractivity contribution in [3.8, 4) is 22.8 Å². The SMILES string of the molecule is c1ccc2c(c1)Cc1ccccc1-n1cccc1-c1cccn1-2. The van der Waals surface area contributed by atoms with Gasteiger partial charge in [0.25, 0.3) is 0 Å². The van der Waals surface area contributed by atoms with E-state index in [0.29, 0.717) is 0 Å². The maximum absolute atomic E-state index is 2.30. The molecule has 0 bridgehead atoms. The average Bonchev–Trinajstić information content (AvgIpc) is 3.24. The number of hydrogen-bond donors (Lipinski definition) is 0. The maximum Gasteiger partial charge on any atom is 0.0697 e. The first-order valence-corrected chi connectivity index (χ1v) is 7.93. The van der Waals surface area contributed by atoms with Crippen LogP contribution in [0, 0.1) is 0 Å². The van der Waals surface area contributed by atoms with Crippen LogP contribution >= 0.6 is 0 Å². The molecule has 1 aliphatic heterocycles. The number of aromatic nitrogens is 2. The summed E-state index contributed by atoms with van der Waals surface area (Å²) in [5, 5.41) is 0.